The molecule has 10 heteroatoms. The number of fused-ring (bicyclic) bond motifs is 1. The molecule has 1 N–H and O–H groups in total. The molecule has 0 spiro atoms. The Morgan fingerprint density at radius 1 is 1.05 bits per heavy atom. The van der Waals surface area contributed by atoms with Gasteiger partial charge in [0.15, 0.2) is 11.5 Å². The predicted octanol–water partition coefficient (Wildman–Crippen LogP) is 3.60. The molecule has 0 bridgehead atoms. The van der Waals surface area contributed by atoms with E-state index in [4.69, 9.17) is 9.47 Å². The molecule has 2 aromatic carbocycles. The summed E-state index contributed by atoms with van der Waals surface area (Å²) in [5.41, 5.74) is 2.19. The van der Waals surface area contributed by atoms with Gasteiger partial charge in [0.2, 0.25) is 28.6 Å². The Morgan fingerprint density at radius 2 is 1.81 bits per heavy atom. The standard InChI is InChI=1S/C27H37N3O6S/c1-5-8-14-28-27(32)23(6-2)29(17-21-11-9-10-20(4)15-21)26(31)18-30(37(33,34)7-3)22-12-13-24-25(16-22)36-19-35-24/h9-13,15-16,23H,5-8,14,17-19H2,1-4H3,(H,28,32)/t23-/m1/s1. The number of hydrogen-bond donors (Lipinski definition) is 1. The Balaban J connectivity index is 1.95. The fraction of sp³-hybridized carbons (Fsp3) is 0.481. The second-order valence-corrected chi connectivity index (χ2v) is 11.2. The number of benzene rings is 2. The lowest BCUT2D eigenvalue weighted by Gasteiger charge is -2.33. The molecule has 0 saturated carbocycles. The first kappa shape index (κ1) is 28.3. The van der Waals surface area contributed by atoms with Crippen LogP contribution in [-0.4, -0.2) is 56.8 Å². The largest absolute Gasteiger partial charge is 0.454 e. The quantitative estimate of drug-likeness (QED) is 0.396. The summed E-state index contributed by atoms with van der Waals surface area (Å²) in [6, 6.07) is 11.7. The van der Waals surface area contributed by atoms with Gasteiger partial charge in [0.25, 0.3) is 0 Å². The Morgan fingerprint density at radius 3 is 2.49 bits per heavy atom. The molecule has 3 rings (SSSR count). The van der Waals surface area contributed by atoms with Crippen molar-refractivity contribution in [3.8, 4) is 11.5 Å². The van der Waals surface area contributed by atoms with Crippen LogP contribution in [0.15, 0.2) is 42.5 Å². The first-order valence-electron chi connectivity index (χ1n) is 12.7. The van der Waals surface area contributed by atoms with Gasteiger partial charge in [0.1, 0.15) is 12.6 Å². The van der Waals surface area contributed by atoms with Crippen LogP contribution in [-0.2, 0) is 26.2 Å². The van der Waals surface area contributed by atoms with Crippen molar-refractivity contribution in [1.29, 1.82) is 0 Å². The number of ether oxygens (including phenoxy) is 2. The summed E-state index contributed by atoms with van der Waals surface area (Å²) in [6.45, 7) is 7.68. The smallest absolute Gasteiger partial charge is 0.244 e. The van der Waals surface area contributed by atoms with Gasteiger partial charge in [-0.05, 0) is 44.4 Å². The van der Waals surface area contributed by atoms with Crippen molar-refractivity contribution >= 4 is 27.5 Å². The molecule has 1 aliphatic rings. The lowest BCUT2D eigenvalue weighted by Crippen LogP contribution is -2.52. The minimum Gasteiger partial charge on any atom is -0.454 e. The normalized spacial score (nSPS) is 13.2. The van der Waals surface area contributed by atoms with Crippen LogP contribution in [0.1, 0.15) is 51.2 Å². The highest BCUT2D eigenvalue weighted by Crippen LogP contribution is 2.36. The Bertz CT molecular complexity index is 1200. The molecule has 37 heavy (non-hydrogen) atoms. The fourth-order valence-corrected chi connectivity index (χ4v) is 5.25. The van der Waals surface area contributed by atoms with Crippen molar-refractivity contribution in [2.75, 3.05) is 29.9 Å². The number of nitrogens with one attached hydrogen (secondary N) is 1. The summed E-state index contributed by atoms with van der Waals surface area (Å²) in [5, 5.41) is 2.93. The highest BCUT2D eigenvalue weighted by molar-refractivity contribution is 7.92. The number of carbonyl (C=O) groups is 2. The van der Waals surface area contributed by atoms with Crippen LogP contribution in [0.5, 0.6) is 11.5 Å². The molecule has 0 saturated heterocycles. The van der Waals surface area contributed by atoms with Gasteiger partial charge < -0.3 is 19.7 Å². The summed E-state index contributed by atoms with van der Waals surface area (Å²) in [4.78, 5) is 28.4. The van der Waals surface area contributed by atoms with E-state index >= 15 is 0 Å². The summed E-state index contributed by atoms with van der Waals surface area (Å²) in [5.74, 6) is 0.0272. The van der Waals surface area contributed by atoms with E-state index in [9.17, 15) is 18.0 Å². The minimum absolute atomic E-state index is 0.0494. The molecule has 1 aliphatic heterocycles. The molecule has 0 aromatic heterocycles. The van der Waals surface area contributed by atoms with E-state index in [-0.39, 0.29) is 25.0 Å². The highest BCUT2D eigenvalue weighted by Gasteiger charge is 2.33. The molecule has 0 aliphatic carbocycles. The Kier molecular flexibility index (Phi) is 9.79. The molecule has 1 heterocycles. The number of rotatable bonds is 13. The monoisotopic (exact) mass is 531 g/mol. The van der Waals surface area contributed by atoms with Gasteiger partial charge >= 0.3 is 0 Å². The first-order valence-corrected chi connectivity index (χ1v) is 14.3. The molecule has 0 unspecified atom stereocenters. The number of sulfonamides is 1. The number of nitrogens with zero attached hydrogens (tertiary/aromatic N) is 2. The zero-order valence-electron chi connectivity index (χ0n) is 22.0. The van der Waals surface area contributed by atoms with Gasteiger partial charge in [-0.3, -0.25) is 13.9 Å². The van der Waals surface area contributed by atoms with Crippen LogP contribution >= 0.6 is 0 Å². The average Bonchev–Trinajstić information content (AvgIpc) is 3.35. The van der Waals surface area contributed by atoms with Crippen LogP contribution in [0, 0.1) is 6.92 Å². The summed E-state index contributed by atoms with van der Waals surface area (Å²) in [6.07, 6.45) is 2.16. The molecule has 2 aromatic rings. The minimum atomic E-state index is -3.82. The molecule has 1 atom stereocenters. The maximum Gasteiger partial charge on any atom is 0.244 e. The van der Waals surface area contributed by atoms with Crippen LogP contribution in [0.2, 0.25) is 0 Å². The SMILES string of the molecule is CCCCNC(=O)[C@@H](CC)N(Cc1cccc(C)c1)C(=O)CN(c1ccc2c(c1)OCO2)S(=O)(=O)CC. The summed E-state index contributed by atoms with van der Waals surface area (Å²) >= 11 is 0. The molecular weight excluding hydrogens is 494 g/mol. The van der Waals surface area contributed by atoms with Crippen LogP contribution < -0.4 is 19.1 Å². The van der Waals surface area contributed by atoms with Crippen molar-refractivity contribution in [2.24, 2.45) is 0 Å². The van der Waals surface area contributed by atoms with E-state index in [1.165, 1.54) is 11.8 Å². The number of hydrogen-bond acceptors (Lipinski definition) is 6. The van der Waals surface area contributed by atoms with Gasteiger partial charge in [-0.15, -0.1) is 0 Å². The maximum atomic E-state index is 13.8. The van der Waals surface area contributed by atoms with Crippen LogP contribution in [0.3, 0.4) is 0 Å². The fourth-order valence-electron chi connectivity index (χ4n) is 4.19. The van der Waals surface area contributed by atoms with E-state index in [0.717, 1.165) is 28.3 Å². The molecule has 0 fully saturated rings. The van der Waals surface area contributed by atoms with Crippen LogP contribution in [0.25, 0.3) is 0 Å². The van der Waals surface area contributed by atoms with E-state index in [0.29, 0.717) is 30.2 Å². The van der Waals surface area contributed by atoms with Crippen molar-refractivity contribution < 1.29 is 27.5 Å². The van der Waals surface area contributed by atoms with Gasteiger partial charge in [-0.1, -0.05) is 50.1 Å². The van der Waals surface area contributed by atoms with Crippen LogP contribution in [0.4, 0.5) is 5.69 Å². The number of amides is 2. The van der Waals surface area contributed by atoms with Gasteiger partial charge in [0, 0.05) is 19.2 Å². The molecule has 2 amide bonds. The number of unbranched alkanes of at least 4 members (excludes halogenated alkanes) is 1. The zero-order chi connectivity index (χ0) is 27.0. The Hall–Kier alpha value is -3.27. The van der Waals surface area contributed by atoms with E-state index in [1.54, 1.807) is 18.2 Å². The van der Waals surface area contributed by atoms with E-state index in [2.05, 4.69) is 5.32 Å². The van der Waals surface area contributed by atoms with Crippen molar-refractivity contribution in [3.05, 3.63) is 53.6 Å². The summed E-state index contributed by atoms with van der Waals surface area (Å²) < 4.78 is 38.1. The lowest BCUT2D eigenvalue weighted by atomic mass is 10.1. The van der Waals surface area contributed by atoms with Gasteiger partial charge in [-0.25, -0.2) is 8.42 Å². The molecular formula is C27H37N3O6S. The second kappa shape index (κ2) is 12.8. The van der Waals surface area contributed by atoms with Gasteiger partial charge in [0.05, 0.1) is 11.4 Å². The predicted molar refractivity (Wildman–Crippen MR) is 143 cm³/mol. The molecule has 9 nitrogen and oxygen atoms in total. The summed E-state index contributed by atoms with van der Waals surface area (Å²) in [7, 11) is -3.82. The second-order valence-electron chi connectivity index (χ2n) is 9.02. The van der Waals surface area contributed by atoms with Crippen molar-refractivity contribution in [1.82, 2.24) is 10.2 Å². The topological polar surface area (TPSA) is 105 Å². The molecule has 0 radical (unpaired) electrons. The van der Waals surface area contributed by atoms with Crippen molar-refractivity contribution in [2.45, 2.75) is 59.5 Å². The third kappa shape index (κ3) is 7.15. The third-order valence-corrected chi connectivity index (χ3v) is 8.02. The van der Waals surface area contributed by atoms with E-state index in [1.807, 2.05) is 45.0 Å². The van der Waals surface area contributed by atoms with Gasteiger partial charge in [-0.2, -0.15) is 0 Å². The average molecular weight is 532 g/mol. The van der Waals surface area contributed by atoms with E-state index < -0.39 is 28.5 Å². The zero-order valence-corrected chi connectivity index (χ0v) is 22.8. The maximum absolute atomic E-state index is 13.8. The van der Waals surface area contributed by atoms with Crippen molar-refractivity contribution in [3.63, 3.8) is 0 Å². The number of anilines is 1. The number of carbonyl (C=O) groups excluding carboxylic acids is 2. The lowest BCUT2D eigenvalue weighted by molar-refractivity contribution is -0.140. The highest BCUT2D eigenvalue weighted by atomic mass is 32.2. The third-order valence-electron chi connectivity index (χ3n) is 6.27. The first-order chi connectivity index (χ1) is 17.7. The Labute approximate surface area is 219 Å². The number of aryl methyl sites for hydroxylation is 1. The molecule has 202 valence electrons.